The van der Waals surface area contributed by atoms with Crippen LogP contribution >= 0.6 is 11.9 Å². The molecule has 0 saturated heterocycles. The van der Waals surface area contributed by atoms with E-state index in [9.17, 15) is 4.79 Å². The van der Waals surface area contributed by atoms with Crippen LogP contribution in [0.25, 0.3) is 0 Å². The van der Waals surface area contributed by atoms with E-state index in [0.717, 1.165) is 6.41 Å². The van der Waals surface area contributed by atoms with Crippen molar-refractivity contribution >= 4 is 18.4 Å². The Morgan fingerprint density at radius 3 is 2.88 bits per heavy atom. The van der Waals surface area contributed by atoms with Crippen LogP contribution in [0.15, 0.2) is 11.5 Å². The van der Waals surface area contributed by atoms with Gasteiger partial charge in [-0.25, -0.2) is 0 Å². The molecule has 0 radical (unpaired) electrons. The van der Waals surface area contributed by atoms with E-state index in [1.54, 1.807) is 11.5 Å². The van der Waals surface area contributed by atoms with E-state index in [2.05, 4.69) is 0 Å². The normalized spacial score (nSPS) is 26.6. The Morgan fingerprint density at radius 1 is 1.88 bits per heavy atom. The molecule has 0 fully saturated rings. The highest BCUT2D eigenvalue weighted by molar-refractivity contribution is 8.00. The Labute approximate surface area is 51.7 Å². The molecule has 44 valence electrons. The van der Waals surface area contributed by atoms with Crippen molar-refractivity contribution in [3.05, 3.63) is 11.5 Å². The van der Waals surface area contributed by atoms with Gasteiger partial charge in [-0.3, -0.25) is 9.10 Å². The molecule has 1 aliphatic heterocycles. The van der Waals surface area contributed by atoms with Crippen molar-refractivity contribution in [2.24, 2.45) is 5.73 Å². The van der Waals surface area contributed by atoms with E-state index in [1.165, 1.54) is 16.3 Å². The van der Waals surface area contributed by atoms with E-state index in [-0.39, 0.29) is 6.17 Å². The summed E-state index contributed by atoms with van der Waals surface area (Å²) in [5, 5.41) is 1.79. The first-order valence-corrected chi connectivity index (χ1v) is 3.01. The summed E-state index contributed by atoms with van der Waals surface area (Å²) in [7, 11) is 0. The summed E-state index contributed by atoms with van der Waals surface area (Å²) in [6.07, 6.45) is 2.26. The van der Waals surface area contributed by atoms with E-state index in [0.29, 0.717) is 0 Å². The number of hydrogen-bond acceptors (Lipinski definition) is 3. The SMILES string of the molecule is NC1C=CSN1C=O. The Bertz CT molecular complexity index is 125. The number of carbonyl (C=O) groups excluding carboxylic acids is 1. The maximum atomic E-state index is 10.0. The number of amides is 1. The molecule has 1 heterocycles. The zero-order chi connectivity index (χ0) is 5.98. The molecule has 8 heavy (non-hydrogen) atoms. The van der Waals surface area contributed by atoms with Crippen molar-refractivity contribution in [1.82, 2.24) is 4.31 Å². The highest BCUT2D eigenvalue weighted by atomic mass is 32.2. The zero-order valence-electron chi connectivity index (χ0n) is 4.15. The minimum Gasteiger partial charge on any atom is -0.307 e. The summed E-state index contributed by atoms with van der Waals surface area (Å²) in [6.45, 7) is 0. The third-order valence-corrected chi connectivity index (χ3v) is 1.71. The molecule has 0 aromatic carbocycles. The largest absolute Gasteiger partial charge is 0.307 e. The molecule has 1 atom stereocenters. The second kappa shape index (κ2) is 2.19. The molecule has 0 aliphatic carbocycles. The molecule has 1 aliphatic rings. The maximum Gasteiger partial charge on any atom is 0.221 e. The van der Waals surface area contributed by atoms with Gasteiger partial charge in [-0.2, -0.15) is 0 Å². The van der Waals surface area contributed by atoms with Gasteiger partial charge in [-0.15, -0.1) is 0 Å². The third kappa shape index (κ3) is 0.850. The van der Waals surface area contributed by atoms with Crippen LogP contribution in [0.3, 0.4) is 0 Å². The van der Waals surface area contributed by atoms with Gasteiger partial charge in [0.15, 0.2) is 0 Å². The fourth-order valence-electron chi connectivity index (χ4n) is 0.436. The quantitative estimate of drug-likeness (QED) is 0.398. The van der Waals surface area contributed by atoms with Gasteiger partial charge in [0, 0.05) is 0 Å². The van der Waals surface area contributed by atoms with Gasteiger partial charge >= 0.3 is 0 Å². The minimum absolute atomic E-state index is 0.225. The van der Waals surface area contributed by atoms with Crippen molar-refractivity contribution < 1.29 is 4.79 Å². The molecular weight excluding hydrogens is 124 g/mol. The Morgan fingerprint density at radius 2 is 2.62 bits per heavy atom. The lowest BCUT2D eigenvalue weighted by molar-refractivity contribution is -0.114. The van der Waals surface area contributed by atoms with E-state index in [1.807, 2.05) is 0 Å². The molecule has 0 spiro atoms. The van der Waals surface area contributed by atoms with Gasteiger partial charge in [0.2, 0.25) is 6.41 Å². The molecule has 0 aromatic heterocycles. The van der Waals surface area contributed by atoms with Gasteiger partial charge in [0.25, 0.3) is 0 Å². The van der Waals surface area contributed by atoms with E-state index < -0.39 is 0 Å². The fourth-order valence-corrected chi connectivity index (χ4v) is 1.07. The summed E-state index contributed by atoms with van der Waals surface area (Å²) in [5.41, 5.74) is 5.38. The van der Waals surface area contributed by atoms with Gasteiger partial charge in [-0.05, 0) is 23.4 Å². The summed E-state index contributed by atoms with van der Waals surface area (Å²) in [6, 6.07) is 0. The average Bonchev–Trinajstić information content (AvgIpc) is 2.14. The van der Waals surface area contributed by atoms with Crippen LogP contribution in [-0.2, 0) is 4.79 Å². The van der Waals surface area contributed by atoms with Crippen molar-refractivity contribution in [3.8, 4) is 0 Å². The number of nitrogens with two attached hydrogens (primary N) is 1. The minimum atomic E-state index is -0.225. The predicted molar refractivity (Wildman–Crippen MR) is 32.6 cm³/mol. The Hall–Kier alpha value is -0.480. The monoisotopic (exact) mass is 130 g/mol. The lowest BCUT2D eigenvalue weighted by Gasteiger charge is -2.11. The average molecular weight is 130 g/mol. The summed E-state index contributed by atoms with van der Waals surface area (Å²) >= 11 is 1.31. The summed E-state index contributed by atoms with van der Waals surface area (Å²) in [5.74, 6) is 0. The molecule has 2 N–H and O–H groups in total. The van der Waals surface area contributed by atoms with Gasteiger partial charge in [-0.1, -0.05) is 0 Å². The van der Waals surface area contributed by atoms with Gasteiger partial charge < -0.3 is 5.73 Å². The van der Waals surface area contributed by atoms with E-state index in [4.69, 9.17) is 5.73 Å². The highest BCUT2D eigenvalue weighted by Gasteiger charge is 2.12. The predicted octanol–water partition coefficient (Wildman–Crippen LogP) is -0.0949. The van der Waals surface area contributed by atoms with Crippen LogP contribution in [0.4, 0.5) is 0 Å². The summed E-state index contributed by atoms with van der Waals surface area (Å²) in [4.78, 5) is 10.0. The van der Waals surface area contributed by atoms with Crippen molar-refractivity contribution in [2.45, 2.75) is 6.17 Å². The molecule has 0 aromatic rings. The molecule has 1 unspecified atom stereocenters. The molecule has 0 bridgehead atoms. The molecular formula is C4H6N2OS. The first-order chi connectivity index (χ1) is 3.84. The first kappa shape index (κ1) is 5.65. The van der Waals surface area contributed by atoms with Crippen LogP contribution in [0.1, 0.15) is 0 Å². The summed E-state index contributed by atoms with van der Waals surface area (Å²) < 4.78 is 1.43. The fraction of sp³-hybridized carbons (Fsp3) is 0.250. The maximum absolute atomic E-state index is 10.0. The molecule has 0 saturated carbocycles. The van der Waals surface area contributed by atoms with Crippen molar-refractivity contribution in [2.75, 3.05) is 0 Å². The molecule has 4 heteroatoms. The number of nitrogens with zero attached hydrogens (tertiary/aromatic N) is 1. The number of rotatable bonds is 1. The van der Waals surface area contributed by atoms with Crippen LogP contribution in [0.2, 0.25) is 0 Å². The lowest BCUT2D eigenvalue weighted by atomic mass is 10.5. The standard InChI is InChI=1S/C4H6N2OS/c5-4-1-2-8-6(4)3-7/h1-4H,5H2. The molecule has 1 rings (SSSR count). The van der Waals surface area contributed by atoms with Crippen molar-refractivity contribution in [3.63, 3.8) is 0 Å². The zero-order valence-corrected chi connectivity index (χ0v) is 4.97. The van der Waals surface area contributed by atoms with Gasteiger partial charge in [0.05, 0.1) is 0 Å². The van der Waals surface area contributed by atoms with Crippen LogP contribution in [0.5, 0.6) is 0 Å². The van der Waals surface area contributed by atoms with Gasteiger partial charge in [0.1, 0.15) is 6.17 Å². The third-order valence-electron chi connectivity index (χ3n) is 0.856. The smallest absolute Gasteiger partial charge is 0.221 e. The highest BCUT2D eigenvalue weighted by Crippen LogP contribution is 2.18. The Kier molecular flexibility index (Phi) is 1.55. The topological polar surface area (TPSA) is 46.3 Å². The lowest BCUT2D eigenvalue weighted by Crippen LogP contribution is -2.30. The van der Waals surface area contributed by atoms with Crippen molar-refractivity contribution in [1.29, 1.82) is 0 Å². The molecule has 3 nitrogen and oxygen atoms in total. The van der Waals surface area contributed by atoms with Crippen LogP contribution < -0.4 is 5.73 Å². The van der Waals surface area contributed by atoms with Crippen LogP contribution in [-0.4, -0.2) is 16.9 Å². The number of carbonyl (C=O) groups is 1. The second-order valence-electron chi connectivity index (χ2n) is 1.39. The van der Waals surface area contributed by atoms with E-state index >= 15 is 0 Å². The Balaban J connectivity index is 2.50. The molecule has 1 amide bonds. The second-order valence-corrected chi connectivity index (χ2v) is 2.29. The van der Waals surface area contributed by atoms with Crippen LogP contribution in [0, 0.1) is 0 Å². The first-order valence-electron chi connectivity index (χ1n) is 2.17. The number of hydrogen-bond donors (Lipinski definition) is 1.